The van der Waals surface area contributed by atoms with Gasteiger partial charge in [0.05, 0.1) is 16.1 Å². The summed E-state index contributed by atoms with van der Waals surface area (Å²) < 4.78 is 16.1. The van der Waals surface area contributed by atoms with Crippen LogP contribution in [0.25, 0.3) is 0 Å². The van der Waals surface area contributed by atoms with Crippen molar-refractivity contribution in [3.63, 3.8) is 0 Å². The smallest absolute Gasteiger partial charge is 0.141 e. The van der Waals surface area contributed by atoms with Crippen LogP contribution in [0.15, 0.2) is 0 Å². The lowest BCUT2D eigenvalue weighted by Gasteiger charge is -2.26. The summed E-state index contributed by atoms with van der Waals surface area (Å²) in [6.07, 6.45) is 0. The summed E-state index contributed by atoms with van der Waals surface area (Å²) in [5.41, 5.74) is -0.328. The average molecular weight is 235 g/mol. The van der Waals surface area contributed by atoms with Crippen molar-refractivity contribution in [2.24, 2.45) is 0 Å². The number of methoxy groups -OCH3 is 2. The number of ether oxygens (including phenoxy) is 3. The summed E-state index contributed by atoms with van der Waals surface area (Å²) in [5.74, 6) is 0. The van der Waals surface area contributed by atoms with E-state index in [-0.39, 0.29) is 5.41 Å². The molecule has 5 heteroatoms. The van der Waals surface area contributed by atoms with Gasteiger partial charge >= 0.3 is 0 Å². The third-order valence-electron chi connectivity index (χ3n) is 2.47. The average Bonchev–Trinajstić information content (AvgIpc) is 2.22. The van der Waals surface area contributed by atoms with E-state index in [4.69, 9.17) is 14.2 Å². The number of hydrogen-bond donors (Lipinski definition) is 0. The van der Waals surface area contributed by atoms with Gasteiger partial charge in [0, 0.05) is 27.4 Å². The van der Waals surface area contributed by atoms with E-state index in [1.807, 2.05) is 21.0 Å². The van der Waals surface area contributed by atoms with Crippen molar-refractivity contribution in [2.45, 2.75) is 18.4 Å². The molecule has 0 atom stereocenters. The second-order valence-electron chi connectivity index (χ2n) is 4.06. The minimum absolute atomic E-state index is 0.328. The van der Waals surface area contributed by atoms with Gasteiger partial charge in [0.1, 0.15) is 5.41 Å². The molecule has 0 saturated heterocycles. The Morgan fingerprint density at radius 3 is 2.20 bits per heavy atom. The zero-order valence-corrected chi connectivity index (χ0v) is 12.1. The Kier molecular flexibility index (Phi) is 8.27. The van der Waals surface area contributed by atoms with Crippen molar-refractivity contribution in [1.29, 1.82) is 0 Å². The van der Waals surface area contributed by atoms with E-state index in [2.05, 4.69) is 4.90 Å². The highest BCUT2D eigenvalue weighted by atomic mass is 28.2. The van der Waals surface area contributed by atoms with Crippen LogP contribution in [0.1, 0.15) is 6.92 Å². The molecule has 0 N–H and O–H groups in total. The first-order valence-electron chi connectivity index (χ1n) is 5.37. The van der Waals surface area contributed by atoms with Gasteiger partial charge < -0.3 is 19.1 Å². The normalized spacial score (nSPS) is 13.2. The van der Waals surface area contributed by atoms with Crippen LogP contribution in [0.4, 0.5) is 0 Å². The molecule has 0 amide bonds. The fourth-order valence-electron chi connectivity index (χ4n) is 1.13. The molecule has 0 heterocycles. The van der Waals surface area contributed by atoms with Gasteiger partial charge in [0.15, 0.2) is 0 Å². The van der Waals surface area contributed by atoms with Crippen LogP contribution < -0.4 is 0 Å². The highest BCUT2D eigenvalue weighted by Gasteiger charge is 2.21. The summed E-state index contributed by atoms with van der Waals surface area (Å²) in [4.78, 5) is 2.12. The number of nitrogens with zero attached hydrogens (tertiary/aromatic N) is 1. The molecule has 0 aromatic heterocycles. The zero-order valence-electron chi connectivity index (χ0n) is 10.7. The lowest BCUT2D eigenvalue weighted by atomic mass is 10.6. The predicted octanol–water partition coefficient (Wildman–Crippen LogP) is 0.118. The summed E-state index contributed by atoms with van der Waals surface area (Å²) in [5, 5.41) is 0. The number of rotatable bonds is 9. The first kappa shape index (κ1) is 15.1. The van der Waals surface area contributed by atoms with Crippen molar-refractivity contribution in [2.75, 3.05) is 48.1 Å². The molecule has 15 heavy (non-hydrogen) atoms. The number of likely N-dealkylation sites (N-methyl/N-ethyl adjacent to an activating group) is 1. The van der Waals surface area contributed by atoms with E-state index in [9.17, 15) is 0 Å². The van der Waals surface area contributed by atoms with Crippen molar-refractivity contribution in [1.82, 2.24) is 4.90 Å². The predicted molar refractivity (Wildman–Crippen MR) is 65.1 cm³/mol. The van der Waals surface area contributed by atoms with Gasteiger partial charge in [0.2, 0.25) is 0 Å². The fraction of sp³-hybridized carbons (Fsp3) is 1.00. The van der Waals surface area contributed by atoms with Gasteiger partial charge in [-0.25, -0.2) is 0 Å². The standard InChI is InChI=1S/C10H25NO3Si/c1-10(12-4,13-5)15-9-8-14-7-6-11(2)3/h6-9,15H2,1-5H3. The van der Waals surface area contributed by atoms with Gasteiger partial charge in [0.25, 0.3) is 0 Å². The van der Waals surface area contributed by atoms with E-state index in [1.165, 1.54) is 0 Å². The molecule has 0 unspecified atom stereocenters. The van der Waals surface area contributed by atoms with Crippen molar-refractivity contribution >= 4 is 9.52 Å². The van der Waals surface area contributed by atoms with Gasteiger partial charge in [-0.15, -0.1) is 0 Å². The molecule has 0 radical (unpaired) electrons. The Hall–Kier alpha value is 0.0569. The molecule has 0 aromatic rings. The molecule has 0 saturated carbocycles. The maximum atomic E-state index is 5.51. The van der Waals surface area contributed by atoms with E-state index in [1.54, 1.807) is 14.2 Å². The van der Waals surface area contributed by atoms with E-state index >= 15 is 0 Å². The molecular formula is C10H25NO3Si. The molecule has 0 bridgehead atoms. The molecule has 0 rings (SSSR count). The van der Waals surface area contributed by atoms with E-state index < -0.39 is 9.52 Å². The van der Waals surface area contributed by atoms with Crippen LogP contribution in [-0.2, 0) is 14.2 Å². The monoisotopic (exact) mass is 235 g/mol. The summed E-state index contributed by atoms with van der Waals surface area (Å²) in [7, 11) is 7.09. The third kappa shape index (κ3) is 7.93. The fourth-order valence-corrected chi connectivity index (χ4v) is 2.53. The quantitative estimate of drug-likeness (QED) is 0.323. The third-order valence-corrected chi connectivity index (χ3v) is 4.59. The van der Waals surface area contributed by atoms with Gasteiger partial charge in [-0.3, -0.25) is 0 Å². The number of hydrogen-bond acceptors (Lipinski definition) is 4. The Bertz CT molecular complexity index is 152. The maximum absolute atomic E-state index is 5.51. The lowest BCUT2D eigenvalue weighted by molar-refractivity contribution is -0.131. The van der Waals surface area contributed by atoms with Crippen LogP contribution in [0.5, 0.6) is 0 Å². The largest absolute Gasteiger partial charge is 0.380 e. The minimum atomic E-state index is -0.402. The lowest BCUT2D eigenvalue weighted by Crippen LogP contribution is -2.37. The van der Waals surface area contributed by atoms with Crippen LogP contribution in [0.2, 0.25) is 6.04 Å². The molecule has 0 aliphatic carbocycles. The zero-order chi connectivity index (χ0) is 11.7. The van der Waals surface area contributed by atoms with Crippen LogP contribution in [0.3, 0.4) is 0 Å². The molecule has 0 aromatic carbocycles. The minimum Gasteiger partial charge on any atom is -0.380 e. The second-order valence-corrected chi connectivity index (χ2v) is 6.55. The van der Waals surface area contributed by atoms with Gasteiger partial charge in [-0.2, -0.15) is 0 Å². The molecule has 0 aliphatic rings. The van der Waals surface area contributed by atoms with Crippen molar-refractivity contribution in [3.05, 3.63) is 0 Å². The molecule has 0 aliphatic heterocycles. The Morgan fingerprint density at radius 1 is 1.13 bits per heavy atom. The van der Waals surface area contributed by atoms with E-state index in [0.29, 0.717) is 0 Å². The highest BCUT2D eigenvalue weighted by molar-refractivity contribution is 6.38. The molecule has 0 spiro atoms. The maximum Gasteiger partial charge on any atom is 0.141 e. The van der Waals surface area contributed by atoms with Crippen molar-refractivity contribution in [3.8, 4) is 0 Å². The summed E-state index contributed by atoms with van der Waals surface area (Å²) in [6.45, 7) is 4.60. The Labute approximate surface area is 95.7 Å². The first-order valence-corrected chi connectivity index (χ1v) is 7.07. The second kappa shape index (κ2) is 8.24. The van der Waals surface area contributed by atoms with Crippen LogP contribution >= 0.6 is 0 Å². The topological polar surface area (TPSA) is 30.9 Å². The SMILES string of the molecule is COC(C)(OC)[SiH2]CCOCCN(C)C. The highest BCUT2D eigenvalue weighted by Crippen LogP contribution is 2.09. The Morgan fingerprint density at radius 2 is 1.73 bits per heavy atom. The Balaban J connectivity index is 3.37. The molecule has 0 fully saturated rings. The molecule has 4 nitrogen and oxygen atoms in total. The van der Waals surface area contributed by atoms with E-state index in [0.717, 1.165) is 25.8 Å². The summed E-state index contributed by atoms with van der Waals surface area (Å²) in [6, 6.07) is 1.09. The van der Waals surface area contributed by atoms with Gasteiger partial charge in [-0.05, 0) is 27.1 Å². The van der Waals surface area contributed by atoms with Crippen LogP contribution in [-0.4, -0.2) is 67.9 Å². The van der Waals surface area contributed by atoms with Crippen molar-refractivity contribution < 1.29 is 14.2 Å². The molecule has 92 valence electrons. The van der Waals surface area contributed by atoms with Gasteiger partial charge in [-0.1, -0.05) is 0 Å². The first-order chi connectivity index (χ1) is 7.04. The van der Waals surface area contributed by atoms with Crippen LogP contribution in [0, 0.1) is 0 Å². The summed E-state index contributed by atoms with van der Waals surface area (Å²) >= 11 is 0. The molecular weight excluding hydrogens is 210 g/mol.